The minimum absolute atomic E-state index is 0.0319. The Balaban J connectivity index is 1.83. The third-order valence-electron chi connectivity index (χ3n) is 5.84. The quantitative estimate of drug-likeness (QED) is 0.561. The van der Waals surface area contributed by atoms with E-state index in [0.717, 1.165) is 17.4 Å². The molecule has 4 rings (SSSR count). The number of aryl methyl sites for hydroxylation is 2. The molecular weight excluding hydrogens is 388 g/mol. The molecule has 0 spiro atoms. The predicted molar refractivity (Wildman–Crippen MR) is 127 cm³/mol. The van der Waals surface area contributed by atoms with Gasteiger partial charge in [0.15, 0.2) is 5.11 Å². The fourth-order valence-electron chi connectivity index (χ4n) is 4.51. The number of thiocarbonyl (C=S) groups is 1. The molecule has 1 aliphatic heterocycles. The van der Waals surface area contributed by atoms with Gasteiger partial charge in [0.05, 0.1) is 17.8 Å². The molecule has 4 nitrogen and oxygen atoms in total. The van der Waals surface area contributed by atoms with E-state index in [1.165, 1.54) is 28.2 Å². The molecule has 1 N–H and O–H groups in total. The van der Waals surface area contributed by atoms with Crippen LogP contribution in [-0.2, 0) is 0 Å². The molecule has 3 aromatic rings. The maximum atomic E-state index is 5.78. The van der Waals surface area contributed by atoms with Gasteiger partial charge in [-0.1, -0.05) is 37.6 Å². The molecule has 1 fully saturated rings. The van der Waals surface area contributed by atoms with Crippen LogP contribution in [0, 0.1) is 26.7 Å². The van der Waals surface area contributed by atoms with Crippen molar-refractivity contribution in [2.45, 2.75) is 46.7 Å². The van der Waals surface area contributed by atoms with E-state index < -0.39 is 0 Å². The van der Waals surface area contributed by atoms with Crippen molar-refractivity contribution in [1.82, 2.24) is 19.8 Å². The van der Waals surface area contributed by atoms with E-state index in [2.05, 4.69) is 90.8 Å². The van der Waals surface area contributed by atoms with Crippen LogP contribution in [-0.4, -0.2) is 26.1 Å². The number of hydrogen-bond acceptors (Lipinski definition) is 2. The summed E-state index contributed by atoms with van der Waals surface area (Å²) >= 11 is 5.78. The molecule has 2 atom stereocenters. The van der Waals surface area contributed by atoms with Gasteiger partial charge in [-0.25, -0.2) is 0 Å². The highest BCUT2D eigenvalue weighted by molar-refractivity contribution is 7.80. The van der Waals surface area contributed by atoms with Crippen LogP contribution in [0.15, 0.2) is 54.7 Å². The van der Waals surface area contributed by atoms with E-state index in [9.17, 15) is 0 Å². The van der Waals surface area contributed by atoms with Crippen LogP contribution in [0.3, 0.4) is 0 Å². The standard InChI is InChI=1S/C25H30N4S/c1-16(2)15-28-24(23(27-25(28)30)22-8-6-7-13-26-22)21-14-18(4)29(19(21)5)20-11-9-17(3)10-12-20/h6-14,16,23-24H,15H2,1-5H3,(H,27,30)/t23-,24-/m1/s1. The van der Waals surface area contributed by atoms with Gasteiger partial charge in [-0.3, -0.25) is 4.98 Å². The Morgan fingerprint density at radius 1 is 1.07 bits per heavy atom. The molecule has 2 aromatic heterocycles. The van der Waals surface area contributed by atoms with E-state index in [4.69, 9.17) is 12.2 Å². The zero-order chi connectivity index (χ0) is 21.4. The summed E-state index contributed by atoms with van der Waals surface area (Å²) in [4.78, 5) is 7.00. The van der Waals surface area contributed by atoms with Gasteiger partial charge in [0.2, 0.25) is 0 Å². The smallest absolute Gasteiger partial charge is 0.170 e. The topological polar surface area (TPSA) is 33.1 Å². The molecule has 0 amide bonds. The SMILES string of the molecule is Cc1ccc(-n2c(C)cc([C@@H]3[C@@H](c4ccccn4)NC(=S)N3CC(C)C)c2C)cc1. The van der Waals surface area contributed by atoms with Gasteiger partial charge in [-0.2, -0.15) is 0 Å². The number of rotatable bonds is 5. The third kappa shape index (κ3) is 3.74. The lowest BCUT2D eigenvalue weighted by atomic mass is 9.96. The first kappa shape index (κ1) is 20.6. The van der Waals surface area contributed by atoms with Crippen LogP contribution >= 0.6 is 12.2 Å². The van der Waals surface area contributed by atoms with Gasteiger partial charge in [0, 0.05) is 29.8 Å². The van der Waals surface area contributed by atoms with Crippen LogP contribution in [0.5, 0.6) is 0 Å². The molecule has 1 aliphatic rings. The molecule has 0 unspecified atom stereocenters. The molecule has 0 saturated carbocycles. The van der Waals surface area contributed by atoms with Crippen LogP contribution in [0.2, 0.25) is 0 Å². The second-order valence-electron chi connectivity index (χ2n) is 8.67. The van der Waals surface area contributed by atoms with E-state index >= 15 is 0 Å². The highest BCUT2D eigenvalue weighted by atomic mass is 32.1. The lowest BCUT2D eigenvalue weighted by molar-refractivity contribution is 0.287. The first-order chi connectivity index (χ1) is 14.4. The van der Waals surface area contributed by atoms with Crippen molar-refractivity contribution in [2.24, 2.45) is 5.92 Å². The van der Waals surface area contributed by atoms with Crippen LogP contribution < -0.4 is 5.32 Å². The number of hydrogen-bond donors (Lipinski definition) is 1. The fourth-order valence-corrected chi connectivity index (χ4v) is 4.83. The minimum atomic E-state index is 0.0319. The third-order valence-corrected chi connectivity index (χ3v) is 6.19. The van der Waals surface area contributed by atoms with Gasteiger partial charge in [-0.05, 0) is 74.8 Å². The van der Waals surface area contributed by atoms with Gasteiger partial charge in [-0.15, -0.1) is 0 Å². The van der Waals surface area contributed by atoms with Crippen molar-refractivity contribution in [3.05, 3.63) is 82.9 Å². The molecule has 0 bridgehead atoms. The average molecular weight is 419 g/mol. The van der Waals surface area contributed by atoms with Crippen molar-refractivity contribution in [1.29, 1.82) is 0 Å². The van der Waals surface area contributed by atoms with E-state index in [1.807, 2.05) is 18.3 Å². The number of aromatic nitrogens is 2. The molecule has 0 radical (unpaired) electrons. The number of nitrogens with zero attached hydrogens (tertiary/aromatic N) is 3. The van der Waals surface area contributed by atoms with Crippen LogP contribution in [0.1, 0.15) is 54.1 Å². The summed E-state index contributed by atoms with van der Waals surface area (Å²) in [5.41, 5.74) is 7.27. The number of pyridine rings is 1. The zero-order valence-electron chi connectivity index (χ0n) is 18.4. The monoisotopic (exact) mass is 418 g/mol. The summed E-state index contributed by atoms with van der Waals surface area (Å²) in [5.74, 6) is 0.510. The molecule has 5 heteroatoms. The van der Waals surface area contributed by atoms with Crippen molar-refractivity contribution in [2.75, 3.05) is 6.54 Å². The normalized spacial score (nSPS) is 18.9. The summed E-state index contributed by atoms with van der Waals surface area (Å²) in [6.45, 7) is 11.9. The fraction of sp³-hybridized carbons (Fsp3) is 0.360. The minimum Gasteiger partial charge on any atom is -0.352 e. The lowest BCUT2D eigenvalue weighted by Crippen LogP contribution is -2.33. The van der Waals surface area contributed by atoms with Crippen molar-refractivity contribution in [3.63, 3.8) is 0 Å². The second-order valence-corrected chi connectivity index (χ2v) is 9.06. The van der Waals surface area contributed by atoms with Crippen LogP contribution in [0.4, 0.5) is 0 Å². The Kier molecular flexibility index (Phi) is 5.65. The maximum absolute atomic E-state index is 5.78. The zero-order valence-corrected chi connectivity index (χ0v) is 19.2. The number of nitrogens with one attached hydrogen (secondary N) is 1. The summed E-state index contributed by atoms with van der Waals surface area (Å²) in [5, 5.41) is 4.37. The number of benzene rings is 1. The maximum Gasteiger partial charge on any atom is 0.170 e. The summed E-state index contributed by atoms with van der Waals surface area (Å²) < 4.78 is 2.35. The largest absolute Gasteiger partial charge is 0.352 e. The molecule has 1 aromatic carbocycles. The first-order valence-electron chi connectivity index (χ1n) is 10.6. The van der Waals surface area contributed by atoms with Crippen molar-refractivity contribution in [3.8, 4) is 5.69 Å². The second kappa shape index (κ2) is 8.23. The Labute approximate surface area is 184 Å². The Hall–Kier alpha value is -2.66. The van der Waals surface area contributed by atoms with Crippen molar-refractivity contribution < 1.29 is 0 Å². The van der Waals surface area contributed by atoms with Gasteiger partial charge in [0.1, 0.15) is 0 Å². The lowest BCUT2D eigenvalue weighted by Gasteiger charge is -2.29. The van der Waals surface area contributed by atoms with E-state index in [-0.39, 0.29) is 12.1 Å². The van der Waals surface area contributed by atoms with Gasteiger partial charge >= 0.3 is 0 Å². The molecule has 3 heterocycles. The van der Waals surface area contributed by atoms with Crippen molar-refractivity contribution >= 4 is 17.3 Å². The molecule has 156 valence electrons. The summed E-state index contributed by atoms with van der Waals surface area (Å²) in [6, 6.07) is 17.3. The average Bonchev–Trinajstić information content (AvgIpc) is 3.19. The summed E-state index contributed by atoms with van der Waals surface area (Å²) in [6.07, 6.45) is 1.86. The van der Waals surface area contributed by atoms with E-state index in [0.29, 0.717) is 5.92 Å². The molecule has 0 aliphatic carbocycles. The Bertz CT molecular complexity index is 1040. The highest BCUT2D eigenvalue weighted by Gasteiger charge is 2.41. The summed E-state index contributed by atoms with van der Waals surface area (Å²) in [7, 11) is 0. The van der Waals surface area contributed by atoms with E-state index in [1.54, 1.807) is 0 Å². The Morgan fingerprint density at radius 2 is 1.80 bits per heavy atom. The molecule has 1 saturated heterocycles. The highest BCUT2D eigenvalue weighted by Crippen LogP contribution is 2.41. The molecule has 30 heavy (non-hydrogen) atoms. The van der Waals surface area contributed by atoms with Gasteiger partial charge < -0.3 is 14.8 Å². The Morgan fingerprint density at radius 3 is 2.43 bits per heavy atom. The molecular formula is C25H30N4S. The van der Waals surface area contributed by atoms with Gasteiger partial charge in [0.25, 0.3) is 0 Å². The predicted octanol–water partition coefficient (Wildman–Crippen LogP) is 5.43. The first-order valence-corrected chi connectivity index (χ1v) is 11.0. The van der Waals surface area contributed by atoms with Crippen LogP contribution in [0.25, 0.3) is 5.69 Å².